The van der Waals surface area contributed by atoms with Gasteiger partial charge in [-0.3, -0.25) is 24.0 Å². The first-order valence-electron chi connectivity index (χ1n) is 11.6. The Morgan fingerprint density at radius 3 is 2.34 bits per heavy atom. The van der Waals surface area contributed by atoms with Crippen molar-refractivity contribution in [2.75, 3.05) is 32.1 Å². The second kappa shape index (κ2) is 10.7. The van der Waals surface area contributed by atoms with E-state index in [0.29, 0.717) is 17.7 Å². The van der Waals surface area contributed by atoms with Crippen LogP contribution in [0.2, 0.25) is 0 Å². The van der Waals surface area contributed by atoms with Gasteiger partial charge >= 0.3 is 5.97 Å². The van der Waals surface area contributed by atoms with Crippen LogP contribution in [0.3, 0.4) is 0 Å². The average Bonchev–Trinajstić information content (AvgIpc) is 3.37. The van der Waals surface area contributed by atoms with Gasteiger partial charge in [-0.25, -0.2) is 0 Å². The third kappa shape index (κ3) is 5.87. The number of rotatable bonds is 9. The van der Waals surface area contributed by atoms with Crippen LogP contribution in [0.15, 0.2) is 36.0 Å². The molecule has 10 heteroatoms. The first kappa shape index (κ1) is 25.9. The molecule has 2 atom stereocenters. The lowest BCUT2D eigenvalue weighted by atomic mass is 10.0. The van der Waals surface area contributed by atoms with Gasteiger partial charge in [0.2, 0.25) is 11.8 Å². The highest BCUT2D eigenvalue weighted by Gasteiger charge is 2.47. The molecule has 2 N–H and O–H groups in total. The second-order valence-electron chi connectivity index (χ2n) is 9.46. The largest absolute Gasteiger partial charge is 0.481 e. The van der Waals surface area contributed by atoms with Crippen molar-refractivity contribution in [3.63, 3.8) is 0 Å². The summed E-state index contributed by atoms with van der Waals surface area (Å²) in [5, 5.41) is 11.7. The molecule has 35 heavy (non-hydrogen) atoms. The molecule has 3 amide bonds. The summed E-state index contributed by atoms with van der Waals surface area (Å²) in [6, 6.07) is 5.28. The summed E-state index contributed by atoms with van der Waals surface area (Å²) in [7, 11) is 3.80. The molecule has 0 bridgehead atoms. The highest BCUT2D eigenvalue weighted by molar-refractivity contribution is 6.03. The zero-order chi connectivity index (χ0) is 25.9. The SMILES string of the molecule is CC(C)C[C@H](NC(=O)c1ccc(N(C)C)cc1)C(=O)N1CC=C2C1C(=O)CN2C(=O)CCC(=O)O. The number of carbonyl (C=O) groups is 5. The van der Waals surface area contributed by atoms with Gasteiger partial charge in [0.25, 0.3) is 5.91 Å². The minimum absolute atomic E-state index is 0.101. The van der Waals surface area contributed by atoms with Crippen molar-refractivity contribution in [1.82, 2.24) is 15.1 Å². The number of benzene rings is 1. The van der Waals surface area contributed by atoms with Gasteiger partial charge in [0.05, 0.1) is 13.0 Å². The van der Waals surface area contributed by atoms with Gasteiger partial charge < -0.3 is 25.1 Å². The number of fused-ring (bicyclic) bond motifs is 1. The number of nitrogens with one attached hydrogen (secondary N) is 1. The molecule has 1 aromatic carbocycles. The van der Waals surface area contributed by atoms with Crippen LogP contribution in [0.1, 0.15) is 43.5 Å². The van der Waals surface area contributed by atoms with Gasteiger partial charge in [0.1, 0.15) is 12.1 Å². The number of carboxylic acid groups (broad SMARTS) is 1. The predicted octanol–water partition coefficient (Wildman–Crippen LogP) is 1.27. The molecule has 2 aliphatic rings. The zero-order valence-electron chi connectivity index (χ0n) is 20.5. The quantitative estimate of drug-likeness (QED) is 0.540. The third-order valence-corrected chi connectivity index (χ3v) is 6.11. The fraction of sp³-hybridized carbons (Fsp3) is 0.480. The molecule has 10 nitrogen and oxygen atoms in total. The lowest BCUT2D eigenvalue weighted by molar-refractivity contribution is -0.140. The number of hydrogen-bond acceptors (Lipinski definition) is 6. The fourth-order valence-electron chi connectivity index (χ4n) is 4.34. The number of anilines is 1. The van der Waals surface area contributed by atoms with Crippen LogP contribution in [0.4, 0.5) is 5.69 Å². The Hall–Kier alpha value is -3.69. The number of aliphatic carboxylic acids is 1. The van der Waals surface area contributed by atoms with E-state index in [0.717, 1.165) is 5.69 Å². The van der Waals surface area contributed by atoms with E-state index < -0.39 is 24.0 Å². The number of likely N-dealkylation sites (tertiary alicyclic amines) is 1. The third-order valence-electron chi connectivity index (χ3n) is 6.11. The van der Waals surface area contributed by atoms with E-state index in [4.69, 9.17) is 5.11 Å². The lowest BCUT2D eigenvalue weighted by Crippen LogP contribution is -2.52. The van der Waals surface area contributed by atoms with Crippen LogP contribution in [0.25, 0.3) is 0 Å². The molecule has 1 saturated heterocycles. The van der Waals surface area contributed by atoms with E-state index in [1.165, 1.54) is 9.80 Å². The van der Waals surface area contributed by atoms with Crippen LogP contribution < -0.4 is 10.2 Å². The summed E-state index contributed by atoms with van der Waals surface area (Å²) >= 11 is 0. The standard InChI is InChI=1S/C25H32N4O6/c1-15(2)13-18(26-24(34)16-5-7-17(8-6-16)27(3)4)25(35)28-12-11-19-23(28)20(30)14-29(19)21(31)9-10-22(32)33/h5-8,11,15,18,23H,9-10,12-14H2,1-4H3,(H,26,34)(H,32,33)/t18-,23?/m0/s1. The van der Waals surface area contributed by atoms with Crippen molar-refractivity contribution < 1.29 is 29.1 Å². The number of nitrogens with zero attached hydrogens (tertiary/aromatic N) is 3. The Bertz CT molecular complexity index is 1050. The molecule has 0 saturated carbocycles. The van der Waals surface area contributed by atoms with Gasteiger partial charge in [0.15, 0.2) is 5.78 Å². The van der Waals surface area contributed by atoms with Crippen molar-refractivity contribution in [1.29, 1.82) is 0 Å². The van der Waals surface area contributed by atoms with E-state index in [2.05, 4.69) is 5.32 Å². The van der Waals surface area contributed by atoms with Crippen molar-refractivity contribution >= 4 is 35.2 Å². The molecule has 1 aromatic rings. The van der Waals surface area contributed by atoms with Gasteiger partial charge in [-0.2, -0.15) is 0 Å². The molecular formula is C25H32N4O6. The van der Waals surface area contributed by atoms with Gasteiger partial charge in [-0.05, 0) is 42.7 Å². The summed E-state index contributed by atoms with van der Waals surface area (Å²) in [6.07, 6.45) is 1.48. The topological polar surface area (TPSA) is 127 Å². The van der Waals surface area contributed by atoms with Crippen molar-refractivity contribution in [2.24, 2.45) is 5.92 Å². The maximum atomic E-state index is 13.5. The maximum Gasteiger partial charge on any atom is 0.303 e. The van der Waals surface area contributed by atoms with Gasteiger partial charge in [-0.15, -0.1) is 0 Å². The predicted molar refractivity (Wildman–Crippen MR) is 129 cm³/mol. The summed E-state index contributed by atoms with van der Waals surface area (Å²) in [4.78, 5) is 67.0. The van der Waals surface area contributed by atoms with Crippen molar-refractivity contribution in [3.05, 3.63) is 41.6 Å². The van der Waals surface area contributed by atoms with Crippen molar-refractivity contribution in [3.8, 4) is 0 Å². The second-order valence-corrected chi connectivity index (χ2v) is 9.46. The lowest BCUT2D eigenvalue weighted by Gasteiger charge is -2.29. The minimum Gasteiger partial charge on any atom is -0.481 e. The van der Waals surface area contributed by atoms with Gasteiger partial charge in [-0.1, -0.05) is 13.8 Å². The fourth-order valence-corrected chi connectivity index (χ4v) is 4.34. The van der Waals surface area contributed by atoms with E-state index in [1.54, 1.807) is 18.2 Å². The average molecular weight is 485 g/mol. The Morgan fingerprint density at radius 2 is 1.77 bits per heavy atom. The zero-order valence-corrected chi connectivity index (χ0v) is 20.5. The Labute approximate surface area is 204 Å². The number of Topliss-reactive ketones (excluding diaryl/α,β-unsaturated/α-hetero) is 1. The summed E-state index contributed by atoms with van der Waals surface area (Å²) < 4.78 is 0. The highest BCUT2D eigenvalue weighted by atomic mass is 16.4. The van der Waals surface area contributed by atoms with Crippen LogP contribution in [0.5, 0.6) is 0 Å². The van der Waals surface area contributed by atoms with Crippen LogP contribution in [-0.2, 0) is 19.2 Å². The Balaban J connectivity index is 1.73. The van der Waals surface area contributed by atoms with Crippen LogP contribution in [0, 0.1) is 5.92 Å². The number of amides is 3. The highest BCUT2D eigenvalue weighted by Crippen LogP contribution is 2.31. The number of carbonyl (C=O) groups excluding carboxylic acids is 4. The Morgan fingerprint density at radius 1 is 1.11 bits per heavy atom. The molecule has 2 heterocycles. The number of ketones is 1. The first-order valence-corrected chi connectivity index (χ1v) is 11.6. The van der Waals surface area contributed by atoms with Gasteiger partial charge in [0, 0.05) is 44.0 Å². The van der Waals surface area contributed by atoms with E-state index in [9.17, 15) is 24.0 Å². The minimum atomic E-state index is -1.10. The molecular weight excluding hydrogens is 452 g/mol. The van der Waals surface area contributed by atoms with Crippen molar-refractivity contribution in [2.45, 2.75) is 45.2 Å². The molecule has 0 aromatic heterocycles. The smallest absolute Gasteiger partial charge is 0.303 e. The van der Waals surface area contributed by atoms with Crippen LogP contribution in [-0.4, -0.2) is 83.6 Å². The summed E-state index contributed by atoms with van der Waals surface area (Å²) in [5.41, 5.74) is 1.77. The molecule has 3 rings (SSSR count). The molecule has 188 valence electrons. The maximum absolute atomic E-state index is 13.5. The van der Waals surface area contributed by atoms with E-state index in [-0.39, 0.29) is 49.4 Å². The molecule has 0 spiro atoms. The first-order chi connectivity index (χ1) is 16.5. The summed E-state index contributed by atoms with van der Waals surface area (Å²) in [5.74, 6) is -2.53. The molecule has 1 unspecified atom stereocenters. The molecule has 2 aliphatic heterocycles. The monoisotopic (exact) mass is 484 g/mol. The van der Waals surface area contributed by atoms with E-state index in [1.807, 2.05) is 45.0 Å². The molecule has 0 radical (unpaired) electrons. The summed E-state index contributed by atoms with van der Waals surface area (Å²) in [6.45, 7) is 3.82. The van der Waals surface area contributed by atoms with E-state index >= 15 is 0 Å². The van der Waals surface area contributed by atoms with Crippen LogP contribution >= 0.6 is 0 Å². The number of hydrogen-bond donors (Lipinski definition) is 2. The number of carboxylic acids is 1. The normalized spacial score (nSPS) is 17.8. The Kier molecular flexibility index (Phi) is 7.93. The molecule has 1 fully saturated rings. The molecule has 0 aliphatic carbocycles.